The predicted octanol–water partition coefficient (Wildman–Crippen LogP) is 6.08. The van der Waals surface area contributed by atoms with Crippen LogP contribution in [-0.4, -0.2) is 80.6 Å². The van der Waals surface area contributed by atoms with Crippen LogP contribution in [0, 0.1) is 44.3 Å². The Morgan fingerprint density at radius 2 is 1.59 bits per heavy atom. The van der Waals surface area contributed by atoms with Gasteiger partial charge in [-0.3, -0.25) is 28.7 Å². The molecule has 1 aliphatic heterocycles. The molecule has 56 heavy (non-hydrogen) atoms. The minimum absolute atomic E-state index is 0.0156. The van der Waals surface area contributed by atoms with E-state index < -0.39 is 55.4 Å². The SMILES string of the molecule is C=C[C@H]1C[C@@]1(CC(=O)[C@@H]1C[C@@]2(CN1C(=O)[C@@H](CC(=O)[C@@H](NC(=O)c1ccccc1N(C)C)C(C)(C)C)C(C)(C)C)C(C)(C)C21CCC1)C(=O)NS(=O)(=O)C1CC1. The molecule has 2 N–H and O–H groups in total. The van der Waals surface area contributed by atoms with Crippen LogP contribution in [0.3, 0.4) is 0 Å². The number of rotatable bonds is 14. The van der Waals surface area contributed by atoms with Crippen molar-refractivity contribution in [3.05, 3.63) is 42.5 Å². The van der Waals surface area contributed by atoms with Crippen molar-refractivity contribution >= 4 is 45.0 Å². The Kier molecular flexibility index (Phi) is 10.4. The number of likely N-dealkylation sites (tertiary alicyclic amines) is 1. The molecule has 3 amide bonds. The van der Waals surface area contributed by atoms with Crippen molar-refractivity contribution in [2.45, 2.75) is 131 Å². The molecule has 0 bridgehead atoms. The Balaban J connectivity index is 1.29. The quantitative estimate of drug-likeness (QED) is 0.216. The van der Waals surface area contributed by atoms with Gasteiger partial charge in [0, 0.05) is 50.5 Å². The van der Waals surface area contributed by atoms with E-state index in [9.17, 15) is 27.6 Å². The summed E-state index contributed by atoms with van der Waals surface area (Å²) in [5.74, 6) is -3.01. The van der Waals surface area contributed by atoms with Crippen LogP contribution in [0.2, 0.25) is 0 Å². The number of nitrogens with zero attached hydrogens (tertiary/aromatic N) is 2. The van der Waals surface area contributed by atoms with Gasteiger partial charge in [0.2, 0.25) is 21.8 Å². The van der Waals surface area contributed by atoms with Gasteiger partial charge in [0.05, 0.1) is 28.3 Å². The number of para-hydroxylation sites is 1. The predicted molar refractivity (Wildman–Crippen MR) is 217 cm³/mol. The highest BCUT2D eigenvalue weighted by molar-refractivity contribution is 7.90. The van der Waals surface area contributed by atoms with Gasteiger partial charge >= 0.3 is 0 Å². The molecule has 1 aromatic rings. The zero-order valence-electron chi connectivity index (χ0n) is 35.2. The summed E-state index contributed by atoms with van der Waals surface area (Å²) >= 11 is 0. The molecule has 4 saturated carbocycles. The lowest BCUT2D eigenvalue weighted by atomic mass is 9.73. The molecule has 5 aliphatic rings. The Morgan fingerprint density at radius 3 is 2.07 bits per heavy atom. The van der Waals surface area contributed by atoms with Crippen molar-refractivity contribution in [2.24, 2.45) is 44.3 Å². The van der Waals surface area contributed by atoms with Crippen molar-refractivity contribution in [3.8, 4) is 0 Å². The molecule has 6 rings (SSSR count). The molecule has 2 spiro atoms. The Labute approximate surface area is 334 Å². The van der Waals surface area contributed by atoms with Gasteiger partial charge in [-0.25, -0.2) is 8.42 Å². The fourth-order valence-corrected chi connectivity index (χ4v) is 12.1. The summed E-state index contributed by atoms with van der Waals surface area (Å²) in [6, 6.07) is 5.48. The average molecular weight is 793 g/mol. The van der Waals surface area contributed by atoms with E-state index in [0.29, 0.717) is 43.5 Å². The number of Topliss-reactive ketones (excluding diaryl/α,β-unsaturated/α-hetero) is 2. The standard InChI is InChI=1S/C44H64N4O7S/c1-12-27-23-42(27,38(53)46-56(54,55)28-18-19-28)25-34(50)32-24-44(41(8,9)43(44)20-15-21-43)26-48(32)37(52)30(39(2,3)4)22-33(49)35(40(5,6)7)45-36(51)29-16-13-14-17-31(29)47(10)11/h12-14,16-17,27-28,30,32,35H,1,15,18-26H2,2-11H3,(H,45,51)(H,46,53)/t27-,30+,32-,35+,42-,44+/m0/s1. The average Bonchev–Trinajstić information content (AvgIpc) is 4.02. The second-order valence-corrected chi connectivity index (χ2v) is 22.6. The molecule has 1 heterocycles. The second kappa shape index (κ2) is 13.8. The van der Waals surface area contributed by atoms with Gasteiger partial charge in [-0.15, -0.1) is 6.58 Å². The number of fused-ring (bicyclic) bond motifs is 1. The monoisotopic (exact) mass is 792 g/mol. The van der Waals surface area contributed by atoms with E-state index in [4.69, 9.17) is 0 Å². The summed E-state index contributed by atoms with van der Waals surface area (Å²) in [6.07, 6.45) is 6.22. The number of hydrogen-bond donors (Lipinski definition) is 2. The maximum atomic E-state index is 15.2. The number of carbonyl (C=O) groups excluding carboxylic acids is 5. The molecular formula is C44H64N4O7S. The van der Waals surface area contributed by atoms with E-state index in [0.717, 1.165) is 19.3 Å². The summed E-state index contributed by atoms with van der Waals surface area (Å²) in [5.41, 5.74) is -1.82. The Hall–Kier alpha value is -3.54. The van der Waals surface area contributed by atoms with Crippen LogP contribution in [-0.2, 0) is 29.2 Å². The summed E-state index contributed by atoms with van der Waals surface area (Å²) in [6.45, 7) is 20.2. The largest absolute Gasteiger partial charge is 0.377 e. The molecule has 5 fully saturated rings. The van der Waals surface area contributed by atoms with Gasteiger partial charge in [0.15, 0.2) is 11.6 Å². The van der Waals surface area contributed by atoms with E-state index in [-0.39, 0.29) is 58.4 Å². The minimum Gasteiger partial charge on any atom is -0.377 e. The molecule has 0 radical (unpaired) electrons. The third-order valence-corrected chi connectivity index (χ3v) is 16.7. The van der Waals surface area contributed by atoms with Crippen molar-refractivity contribution in [3.63, 3.8) is 0 Å². The fraction of sp³-hybridized carbons (Fsp3) is 0.705. The lowest BCUT2D eigenvalue weighted by Crippen LogP contribution is -2.52. The zero-order valence-corrected chi connectivity index (χ0v) is 36.0. The number of sulfonamides is 1. The van der Waals surface area contributed by atoms with E-state index in [1.165, 1.54) is 0 Å². The lowest BCUT2D eigenvalue weighted by molar-refractivity contribution is -0.146. The molecule has 4 aliphatic carbocycles. The smallest absolute Gasteiger partial charge is 0.253 e. The number of allylic oxidation sites excluding steroid dienone is 1. The number of anilines is 1. The molecular weight excluding hydrogens is 729 g/mol. The number of carbonyl (C=O) groups is 5. The molecule has 308 valence electrons. The topological polar surface area (TPSA) is 150 Å². The number of hydrogen-bond acceptors (Lipinski definition) is 8. The molecule has 1 saturated heterocycles. The number of ketones is 2. The summed E-state index contributed by atoms with van der Waals surface area (Å²) in [5, 5.41) is 2.43. The first-order valence-electron chi connectivity index (χ1n) is 20.4. The Morgan fingerprint density at radius 1 is 0.964 bits per heavy atom. The highest BCUT2D eigenvalue weighted by Crippen LogP contribution is 2.88. The molecule has 0 aromatic heterocycles. The summed E-state index contributed by atoms with van der Waals surface area (Å²) in [7, 11) is -0.128. The van der Waals surface area contributed by atoms with Crippen molar-refractivity contribution in [1.82, 2.24) is 14.9 Å². The number of benzene rings is 1. The first-order chi connectivity index (χ1) is 25.8. The van der Waals surface area contributed by atoms with Crippen LogP contribution in [0.15, 0.2) is 36.9 Å². The van der Waals surface area contributed by atoms with Crippen LogP contribution in [0.5, 0.6) is 0 Å². The first kappa shape index (κ1) is 42.1. The maximum Gasteiger partial charge on any atom is 0.253 e. The minimum atomic E-state index is -3.83. The van der Waals surface area contributed by atoms with Crippen LogP contribution >= 0.6 is 0 Å². The normalized spacial score (nSPS) is 28.5. The highest BCUT2D eigenvalue weighted by Gasteiger charge is 2.85. The van der Waals surface area contributed by atoms with Gasteiger partial charge in [-0.2, -0.15) is 0 Å². The van der Waals surface area contributed by atoms with Crippen LogP contribution in [0.4, 0.5) is 5.69 Å². The first-order valence-corrected chi connectivity index (χ1v) is 22.0. The van der Waals surface area contributed by atoms with Gasteiger partial charge in [-0.1, -0.05) is 80.0 Å². The van der Waals surface area contributed by atoms with Crippen molar-refractivity contribution in [2.75, 3.05) is 25.5 Å². The third-order valence-electron chi connectivity index (χ3n) is 14.9. The van der Waals surface area contributed by atoms with E-state index >= 15 is 4.79 Å². The molecule has 12 heteroatoms. The van der Waals surface area contributed by atoms with Crippen molar-refractivity contribution in [1.29, 1.82) is 0 Å². The van der Waals surface area contributed by atoms with Gasteiger partial charge < -0.3 is 15.1 Å². The highest BCUT2D eigenvalue weighted by atomic mass is 32.2. The summed E-state index contributed by atoms with van der Waals surface area (Å²) < 4.78 is 27.9. The molecule has 1 aromatic carbocycles. The second-order valence-electron chi connectivity index (χ2n) is 20.6. The van der Waals surface area contributed by atoms with Gasteiger partial charge in [-0.05, 0) is 78.2 Å². The molecule has 11 nitrogen and oxygen atoms in total. The van der Waals surface area contributed by atoms with Crippen LogP contribution in [0.25, 0.3) is 0 Å². The third kappa shape index (κ3) is 6.83. The van der Waals surface area contributed by atoms with E-state index in [1.54, 1.807) is 23.1 Å². The zero-order chi connectivity index (χ0) is 41.6. The van der Waals surface area contributed by atoms with E-state index in [1.807, 2.05) is 72.7 Å². The summed E-state index contributed by atoms with van der Waals surface area (Å²) in [4.78, 5) is 75.4. The molecule has 6 atom stereocenters. The van der Waals surface area contributed by atoms with Crippen molar-refractivity contribution < 1.29 is 32.4 Å². The molecule has 0 unspecified atom stereocenters. The van der Waals surface area contributed by atoms with Crippen LogP contribution in [0.1, 0.15) is 124 Å². The van der Waals surface area contributed by atoms with E-state index in [2.05, 4.69) is 30.5 Å². The lowest BCUT2D eigenvalue weighted by Gasteiger charge is -2.37. The number of nitrogens with one attached hydrogen (secondary N) is 2. The maximum absolute atomic E-state index is 15.2. The van der Waals surface area contributed by atoms with Gasteiger partial charge in [0.1, 0.15) is 0 Å². The van der Waals surface area contributed by atoms with Crippen LogP contribution < -0.4 is 14.9 Å². The Bertz CT molecular complexity index is 1930. The fourth-order valence-electron chi connectivity index (χ4n) is 10.8. The van der Waals surface area contributed by atoms with Gasteiger partial charge in [0.25, 0.3) is 5.91 Å². The number of amides is 3.